The molecule has 0 radical (unpaired) electrons. The van der Waals surface area contributed by atoms with E-state index in [4.69, 9.17) is 0 Å². The van der Waals surface area contributed by atoms with Crippen molar-refractivity contribution in [3.05, 3.63) is 29.8 Å². The van der Waals surface area contributed by atoms with Gasteiger partial charge in [0.25, 0.3) is 0 Å². The van der Waals surface area contributed by atoms with Crippen LogP contribution in [0.2, 0.25) is 0 Å². The third-order valence-corrected chi connectivity index (χ3v) is 4.09. The van der Waals surface area contributed by atoms with Gasteiger partial charge in [-0.05, 0) is 50.4 Å². The molecule has 0 saturated carbocycles. The van der Waals surface area contributed by atoms with Crippen molar-refractivity contribution in [1.29, 1.82) is 0 Å². The first-order chi connectivity index (χ1) is 9.13. The Kier molecular flexibility index (Phi) is 3.27. The second-order valence-corrected chi connectivity index (χ2v) is 5.70. The van der Waals surface area contributed by atoms with Crippen LogP contribution in [0.25, 0.3) is 11.0 Å². The summed E-state index contributed by atoms with van der Waals surface area (Å²) in [6.07, 6.45) is 2.56. The molecule has 1 aromatic carbocycles. The van der Waals surface area contributed by atoms with Crippen LogP contribution in [0.5, 0.6) is 0 Å². The van der Waals surface area contributed by atoms with E-state index in [2.05, 4.69) is 28.7 Å². The maximum absolute atomic E-state index is 13.2. The van der Waals surface area contributed by atoms with Crippen molar-refractivity contribution >= 4 is 11.0 Å². The highest BCUT2D eigenvalue weighted by Crippen LogP contribution is 2.26. The van der Waals surface area contributed by atoms with Crippen molar-refractivity contribution in [1.82, 2.24) is 14.9 Å². The normalized spacial score (nSPS) is 22.8. The molecule has 0 aliphatic carbocycles. The van der Waals surface area contributed by atoms with Gasteiger partial charge in [0.1, 0.15) is 11.6 Å². The number of fused-ring (bicyclic) bond motifs is 1. The zero-order chi connectivity index (χ0) is 13.4. The predicted molar refractivity (Wildman–Crippen MR) is 74.4 cm³/mol. The molecule has 4 heteroatoms. The molecule has 0 bridgehead atoms. The second-order valence-electron chi connectivity index (χ2n) is 5.70. The summed E-state index contributed by atoms with van der Waals surface area (Å²) < 4.78 is 13.2. The standard InChI is InChI=1S/C15H20FN3/c1-10-4-3-7-19(9-10)11(2)15-17-13-6-5-12(16)8-14(13)18-15/h5-6,8,10-11H,3-4,7,9H2,1-2H3,(H,17,18). The van der Waals surface area contributed by atoms with E-state index in [1.807, 2.05) is 0 Å². The molecular formula is C15H20FN3. The lowest BCUT2D eigenvalue weighted by Crippen LogP contribution is -2.36. The molecular weight excluding hydrogens is 241 g/mol. The van der Waals surface area contributed by atoms with Crippen LogP contribution in [0.1, 0.15) is 38.6 Å². The number of piperidine rings is 1. The molecule has 19 heavy (non-hydrogen) atoms. The van der Waals surface area contributed by atoms with Gasteiger partial charge in [0, 0.05) is 6.54 Å². The highest BCUT2D eigenvalue weighted by Gasteiger charge is 2.23. The Morgan fingerprint density at radius 2 is 2.32 bits per heavy atom. The molecule has 3 nitrogen and oxygen atoms in total. The molecule has 3 rings (SSSR count). The van der Waals surface area contributed by atoms with Gasteiger partial charge in [0.05, 0.1) is 17.1 Å². The van der Waals surface area contributed by atoms with E-state index in [0.717, 1.165) is 35.9 Å². The van der Waals surface area contributed by atoms with Gasteiger partial charge < -0.3 is 4.98 Å². The van der Waals surface area contributed by atoms with Gasteiger partial charge in [-0.15, -0.1) is 0 Å². The number of H-pyrrole nitrogens is 1. The summed E-state index contributed by atoms with van der Waals surface area (Å²) in [5, 5.41) is 0. The van der Waals surface area contributed by atoms with Crippen molar-refractivity contribution in [3.63, 3.8) is 0 Å². The van der Waals surface area contributed by atoms with Crippen molar-refractivity contribution in [3.8, 4) is 0 Å². The maximum atomic E-state index is 13.2. The zero-order valence-electron chi connectivity index (χ0n) is 11.5. The third-order valence-electron chi connectivity index (χ3n) is 4.09. The molecule has 1 aliphatic heterocycles. The quantitative estimate of drug-likeness (QED) is 0.897. The molecule has 2 heterocycles. The molecule has 2 unspecified atom stereocenters. The molecule has 102 valence electrons. The molecule has 1 saturated heterocycles. The van der Waals surface area contributed by atoms with Crippen molar-refractivity contribution in [2.75, 3.05) is 13.1 Å². The fourth-order valence-corrected chi connectivity index (χ4v) is 2.95. The first kappa shape index (κ1) is 12.6. The molecule has 1 aromatic heterocycles. The van der Waals surface area contributed by atoms with Gasteiger partial charge in [0.2, 0.25) is 0 Å². The Balaban J connectivity index is 1.86. The minimum Gasteiger partial charge on any atom is -0.341 e. The SMILES string of the molecule is CC1CCCN(C(C)c2nc3ccc(F)cc3[nH]2)C1. The van der Waals surface area contributed by atoms with Crippen LogP contribution in [0.15, 0.2) is 18.2 Å². The predicted octanol–water partition coefficient (Wildman–Crippen LogP) is 3.49. The fourth-order valence-electron chi connectivity index (χ4n) is 2.95. The van der Waals surface area contributed by atoms with Gasteiger partial charge in [-0.25, -0.2) is 9.37 Å². The van der Waals surface area contributed by atoms with E-state index >= 15 is 0 Å². The minimum atomic E-state index is -0.220. The number of nitrogens with zero attached hydrogens (tertiary/aromatic N) is 2. The largest absolute Gasteiger partial charge is 0.341 e. The Bertz CT molecular complexity index is 578. The number of hydrogen-bond acceptors (Lipinski definition) is 2. The smallest absolute Gasteiger partial charge is 0.125 e. The van der Waals surface area contributed by atoms with Gasteiger partial charge in [-0.1, -0.05) is 6.92 Å². The van der Waals surface area contributed by atoms with Crippen LogP contribution in [0.3, 0.4) is 0 Å². The summed E-state index contributed by atoms with van der Waals surface area (Å²) in [5.74, 6) is 1.47. The number of likely N-dealkylation sites (tertiary alicyclic amines) is 1. The summed E-state index contributed by atoms with van der Waals surface area (Å²) in [7, 11) is 0. The summed E-state index contributed by atoms with van der Waals surface area (Å²) >= 11 is 0. The maximum Gasteiger partial charge on any atom is 0.125 e. The number of aromatic amines is 1. The van der Waals surface area contributed by atoms with E-state index in [0.29, 0.717) is 0 Å². The van der Waals surface area contributed by atoms with Crippen LogP contribution in [-0.2, 0) is 0 Å². The van der Waals surface area contributed by atoms with Gasteiger partial charge in [0.15, 0.2) is 0 Å². The molecule has 2 atom stereocenters. The first-order valence-corrected chi connectivity index (χ1v) is 7.02. The van der Waals surface area contributed by atoms with Crippen LogP contribution < -0.4 is 0 Å². The summed E-state index contributed by atoms with van der Waals surface area (Å²) in [4.78, 5) is 10.3. The molecule has 1 fully saturated rings. The topological polar surface area (TPSA) is 31.9 Å². The van der Waals surface area contributed by atoms with E-state index < -0.39 is 0 Å². The number of imidazole rings is 1. The van der Waals surface area contributed by atoms with Crippen molar-refractivity contribution < 1.29 is 4.39 Å². The molecule has 2 aromatic rings. The van der Waals surface area contributed by atoms with Gasteiger partial charge >= 0.3 is 0 Å². The summed E-state index contributed by atoms with van der Waals surface area (Å²) in [6, 6.07) is 4.96. The Hall–Kier alpha value is -1.42. The molecule has 1 N–H and O–H groups in total. The number of nitrogens with one attached hydrogen (secondary N) is 1. The molecule has 0 amide bonds. The number of hydrogen-bond donors (Lipinski definition) is 1. The second kappa shape index (κ2) is 4.93. The van der Waals surface area contributed by atoms with E-state index in [9.17, 15) is 4.39 Å². The van der Waals surface area contributed by atoms with Gasteiger partial charge in [-0.3, -0.25) is 4.90 Å². The van der Waals surface area contributed by atoms with E-state index in [-0.39, 0.29) is 11.9 Å². The Morgan fingerprint density at radius 3 is 3.11 bits per heavy atom. The first-order valence-electron chi connectivity index (χ1n) is 7.02. The van der Waals surface area contributed by atoms with Crippen LogP contribution in [-0.4, -0.2) is 28.0 Å². The van der Waals surface area contributed by atoms with Gasteiger partial charge in [-0.2, -0.15) is 0 Å². The lowest BCUT2D eigenvalue weighted by molar-refractivity contribution is 0.135. The average Bonchev–Trinajstić information content (AvgIpc) is 2.80. The number of halogens is 1. The van der Waals surface area contributed by atoms with Crippen molar-refractivity contribution in [2.24, 2.45) is 5.92 Å². The third kappa shape index (κ3) is 2.50. The van der Waals surface area contributed by atoms with Crippen LogP contribution in [0.4, 0.5) is 4.39 Å². The number of rotatable bonds is 2. The number of benzene rings is 1. The average molecular weight is 261 g/mol. The lowest BCUT2D eigenvalue weighted by Gasteiger charge is -2.34. The fraction of sp³-hybridized carbons (Fsp3) is 0.533. The number of aromatic nitrogens is 2. The lowest BCUT2D eigenvalue weighted by atomic mass is 9.99. The minimum absolute atomic E-state index is 0.220. The molecule has 1 aliphatic rings. The highest BCUT2D eigenvalue weighted by atomic mass is 19.1. The Morgan fingerprint density at radius 1 is 1.47 bits per heavy atom. The summed E-state index contributed by atoms with van der Waals surface area (Å²) in [6.45, 7) is 6.71. The van der Waals surface area contributed by atoms with Crippen LogP contribution in [0, 0.1) is 11.7 Å². The van der Waals surface area contributed by atoms with E-state index in [1.165, 1.54) is 25.0 Å². The van der Waals surface area contributed by atoms with E-state index in [1.54, 1.807) is 6.07 Å². The van der Waals surface area contributed by atoms with Crippen molar-refractivity contribution in [2.45, 2.75) is 32.7 Å². The monoisotopic (exact) mass is 261 g/mol. The summed E-state index contributed by atoms with van der Waals surface area (Å²) in [5.41, 5.74) is 1.63. The highest BCUT2D eigenvalue weighted by molar-refractivity contribution is 5.75. The Labute approximate surface area is 112 Å². The molecule has 0 spiro atoms. The van der Waals surface area contributed by atoms with Crippen LogP contribution >= 0.6 is 0 Å². The zero-order valence-corrected chi connectivity index (χ0v) is 11.5.